The summed E-state index contributed by atoms with van der Waals surface area (Å²) in [6, 6.07) is 8.45. The van der Waals surface area contributed by atoms with Crippen molar-refractivity contribution in [3.63, 3.8) is 0 Å². The average Bonchev–Trinajstić information content (AvgIpc) is 2.34. The summed E-state index contributed by atoms with van der Waals surface area (Å²) >= 11 is 0. The van der Waals surface area contributed by atoms with Gasteiger partial charge in [0.2, 0.25) is 0 Å². The Kier molecular flexibility index (Phi) is 5.14. The highest BCUT2D eigenvalue weighted by atomic mass is 19.1. The number of nitriles is 2. The van der Waals surface area contributed by atoms with Crippen molar-refractivity contribution in [2.75, 3.05) is 18.0 Å². The molecule has 0 N–H and O–H groups in total. The molecule has 18 heavy (non-hydrogen) atoms. The lowest BCUT2D eigenvalue weighted by Crippen LogP contribution is -2.28. The zero-order valence-corrected chi connectivity index (χ0v) is 10.7. The van der Waals surface area contributed by atoms with Gasteiger partial charge in [0.15, 0.2) is 0 Å². The van der Waals surface area contributed by atoms with Crippen LogP contribution in [0.15, 0.2) is 18.2 Å². The Hall–Kier alpha value is -2.07. The highest BCUT2D eigenvalue weighted by molar-refractivity contribution is 5.50. The summed E-state index contributed by atoms with van der Waals surface area (Å²) in [6.07, 6.45) is 0.397. The second-order valence-electron chi connectivity index (χ2n) is 4.52. The Morgan fingerprint density at radius 1 is 1.33 bits per heavy atom. The molecule has 0 aromatic heterocycles. The van der Waals surface area contributed by atoms with Gasteiger partial charge in [-0.15, -0.1) is 0 Å². The van der Waals surface area contributed by atoms with Crippen molar-refractivity contribution in [2.24, 2.45) is 5.92 Å². The molecule has 1 rings (SSSR count). The minimum atomic E-state index is -0.513. The van der Waals surface area contributed by atoms with Gasteiger partial charge in [-0.2, -0.15) is 10.5 Å². The highest BCUT2D eigenvalue weighted by Crippen LogP contribution is 2.19. The summed E-state index contributed by atoms with van der Waals surface area (Å²) in [4.78, 5) is 1.97. The zero-order valence-electron chi connectivity index (χ0n) is 10.7. The molecule has 0 unspecified atom stereocenters. The molecule has 0 aliphatic rings. The van der Waals surface area contributed by atoms with Crippen molar-refractivity contribution < 1.29 is 4.39 Å². The van der Waals surface area contributed by atoms with Gasteiger partial charge in [-0.1, -0.05) is 13.8 Å². The maximum Gasteiger partial charge on any atom is 0.143 e. The summed E-state index contributed by atoms with van der Waals surface area (Å²) < 4.78 is 13.6. The van der Waals surface area contributed by atoms with Crippen LogP contribution in [-0.2, 0) is 0 Å². The lowest BCUT2D eigenvalue weighted by molar-refractivity contribution is 0.602. The Bertz CT molecular complexity index is 483. The fourth-order valence-electron chi connectivity index (χ4n) is 1.74. The molecule has 0 saturated carbocycles. The van der Waals surface area contributed by atoms with Gasteiger partial charge in [-0.25, -0.2) is 4.39 Å². The molecule has 1 aromatic carbocycles. The van der Waals surface area contributed by atoms with E-state index in [2.05, 4.69) is 19.9 Å². The Morgan fingerprint density at radius 2 is 2.06 bits per heavy atom. The van der Waals surface area contributed by atoms with Crippen molar-refractivity contribution in [3.8, 4) is 12.1 Å². The standard InChI is InChI=1S/C14H16FN3/c1-11(2)10-18(7-3-6-16)13-5-4-12(9-17)14(15)8-13/h4-5,8,11H,3,7,10H2,1-2H3. The molecule has 0 saturated heterocycles. The first-order valence-corrected chi connectivity index (χ1v) is 5.90. The summed E-state index contributed by atoms with van der Waals surface area (Å²) in [5.74, 6) is -0.0943. The summed E-state index contributed by atoms with van der Waals surface area (Å²) in [6.45, 7) is 5.46. The monoisotopic (exact) mass is 245 g/mol. The number of hydrogen-bond acceptors (Lipinski definition) is 3. The Morgan fingerprint density at radius 3 is 2.56 bits per heavy atom. The number of nitrogens with zero attached hydrogens (tertiary/aromatic N) is 3. The van der Waals surface area contributed by atoms with Crippen LogP contribution in [0.3, 0.4) is 0 Å². The van der Waals surface area contributed by atoms with Crippen molar-refractivity contribution in [1.29, 1.82) is 10.5 Å². The predicted octanol–water partition coefficient (Wildman–Crippen LogP) is 3.07. The fraction of sp³-hybridized carbons (Fsp3) is 0.429. The van der Waals surface area contributed by atoms with Crippen molar-refractivity contribution >= 4 is 5.69 Å². The second kappa shape index (κ2) is 6.61. The van der Waals surface area contributed by atoms with Gasteiger partial charge in [-0.3, -0.25) is 0 Å². The molecule has 0 heterocycles. The molecule has 1 aromatic rings. The molecule has 94 valence electrons. The number of hydrogen-bond donors (Lipinski definition) is 0. The van der Waals surface area contributed by atoms with Crippen molar-refractivity contribution in [2.45, 2.75) is 20.3 Å². The van der Waals surface area contributed by atoms with Gasteiger partial charge >= 0.3 is 0 Å². The van der Waals surface area contributed by atoms with E-state index in [9.17, 15) is 4.39 Å². The third-order valence-electron chi connectivity index (χ3n) is 2.52. The normalized spacial score (nSPS) is 9.89. The minimum Gasteiger partial charge on any atom is -0.370 e. The third-order valence-corrected chi connectivity index (χ3v) is 2.52. The van der Waals surface area contributed by atoms with E-state index in [4.69, 9.17) is 10.5 Å². The number of rotatable bonds is 5. The second-order valence-corrected chi connectivity index (χ2v) is 4.52. The van der Waals surface area contributed by atoms with Crippen molar-refractivity contribution in [3.05, 3.63) is 29.6 Å². The van der Waals surface area contributed by atoms with Gasteiger partial charge in [0, 0.05) is 18.8 Å². The van der Waals surface area contributed by atoms with E-state index in [1.165, 1.54) is 12.1 Å². The van der Waals surface area contributed by atoms with E-state index in [1.807, 2.05) is 4.90 Å². The molecule has 0 amide bonds. The van der Waals surface area contributed by atoms with E-state index in [1.54, 1.807) is 12.1 Å². The van der Waals surface area contributed by atoms with E-state index in [0.29, 0.717) is 18.9 Å². The number of halogens is 1. The summed E-state index contributed by atoms with van der Waals surface area (Å²) in [5, 5.41) is 17.3. The van der Waals surface area contributed by atoms with Crippen LogP contribution in [0, 0.1) is 34.4 Å². The van der Waals surface area contributed by atoms with Gasteiger partial charge in [0.25, 0.3) is 0 Å². The van der Waals surface area contributed by atoms with Crippen LogP contribution < -0.4 is 4.90 Å². The van der Waals surface area contributed by atoms with E-state index < -0.39 is 5.82 Å². The molecule has 0 bridgehead atoms. The van der Waals surface area contributed by atoms with Crippen LogP contribution in [-0.4, -0.2) is 13.1 Å². The number of benzene rings is 1. The van der Waals surface area contributed by atoms with Crippen molar-refractivity contribution in [1.82, 2.24) is 0 Å². The SMILES string of the molecule is CC(C)CN(CCC#N)c1ccc(C#N)c(F)c1. The van der Waals surface area contributed by atoms with E-state index in [0.717, 1.165) is 12.2 Å². The lowest BCUT2D eigenvalue weighted by Gasteiger charge is -2.25. The number of anilines is 1. The molecule has 0 aliphatic carbocycles. The fourth-order valence-corrected chi connectivity index (χ4v) is 1.74. The quantitative estimate of drug-likeness (QED) is 0.801. The minimum absolute atomic E-state index is 0.0449. The lowest BCUT2D eigenvalue weighted by atomic mass is 10.1. The third kappa shape index (κ3) is 3.75. The van der Waals surface area contributed by atoms with Gasteiger partial charge in [0.05, 0.1) is 18.1 Å². The first-order chi connectivity index (χ1) is 8.58. The molecular formula is C14H16FN3. The molecule has 3 nitrogen and oxygen atoms in total. The molecule has 0 aliphatic heterocycles. The predicted molar refractivity (Wildman–Crippen MR) is 68.4 cm³/mol. The van der Waals surface area contributed by atoms with E-state index >= 15 is 0 Å². The largest absolute Gasteiger partial charge is 0.370 e. The Labute approximate surface area is 107 Å². The highest BCUT2D eigenvalue weighted by Gasteiger charge is 2.11. The molecule has 0 spiro atoms. The van der Waals surface area contributed by atoms with Crippen LogP contribution in [0.1, 0.15) is 25.8 Å². The molecule has 4 heteroatoms. The van der Waals surface area contributed by atoms with E-state index in [-0.39, 0.29) is 5.56 Å². The first kappa shape index (κ1) is 14.0. The van der Waals surface area contributed by atoms with Crippen LogP contribution >= 0.6 is 0 Å². The molecule has 0 atom stereocenters. The van der Waals surface area contributed by atoms with Crippen LogP contribution in [0.25, 0.3) is 0 Å². The molecule has 0 fully saturated rings. The van der Waals surface area contributed by atoms with Crippen LogP contribution in [0.4, 0.5) is 10.1 Å². The van der Waals surface area contributed by atoms with Gasteiger partial charge in [0.1, 0.15) is 11.9 Å². The first-order valence-electron chi connectivity index (χ1n) is 5.90. The zero-order chi connectivity index (χ0) is 13.5. The van der Waals surface area contributed by atoms with Crippen LogP contribution in [0.2, 0.25) is 0 Å². The topological polar surface area (TPSA) is 50.8 Å². The van der Waals surface area contributed by atoms with Crippen LogP contribution in [0.5, 0.6) is 0 Å². The van der Waals surface area contributed by atoms with Gasteiger partial charge < -0.3 is 4.90 Å². The summed E-state index contributed by atoms with van der Waals surface area (Å²) in [5.41, 5.74) is 0.763. The van der Waals surface area contributed by atoms with Gasteiger partial charge in [-0.05, 0) is 24.1 Å². The molecule has 0 radical (unpaired) electrons. The average molecular weight is 245 g/mol. The smallest absolute Gasteiger partial charge is 0.143 e. The molecular weight excluding hydrogens is 229 g/mol. The maximum atomic E-state index is 13.6. The Balaban J connectivity index is 2.95. The summed E-state index contributed by atoms with van der Waals surface area (Å²) in [7, 11) is 0. The maximum absolute atomic E-state index is 13.6.